The molecule has 1 aromatic heterocycles. The van der Waals surface area contributed by atoms with Crippen LogP contribution in [0.15, 0.2) is 18.3 Å². The molecule has 1 heterocycles. The van der Waals surface area contributed by atoms with Crippen molar-refractivity contribution in [3.63, 3.8) is 0 Å². The molecule has 5 nitrogen and oxygen atoms in total. The molecule has 19 heavy (non-hydrogen) atoms. The molecule has 1 aromatic rings. The molecule has 106 valence electrons. The molecule has 0 bridgehead atoms. The first-order valence-electron chi connectivity index (χ1n) is 6.91. The lowest BCUT2D eigenvalue weighted by molar-refractivity contribution is 0.0948. The maximum absolute atomic E-state index is 11.9. The number of carbonyl (C=O) groups is 1. The zero-order valence-electron chi connectivity index (χ0n) is 12.1. The summed E-state index contributed by atoms with van der Waals surface area (Å²) in [5.74, 6) is 0.727. The van der Waals surface area contributed by atoms with Crippen LogP contribution in [0.5, 0.6) is 0 Å². The number of anilines is 1. The van der Waals surface area contributed by atoms with E-state index >= 15 is 0 Å². The molecule has 0 radical (unpaired) electrons. The van der Waals surface area contributed by atoms with E-state index in [1.54, 1.807) is 12.3 Å². The van der Waals surface area contributed by atoms with Crippen LogP contribution in [0.2, 0.25) is 0 Å². The third-order valence-corrected chi connectivity index (χ3v) is 2.99. The Bertz CT molecular complexity index is 374. The number of aromatic nitrogens is 1. The number of pyridine rings is 1. The van der Waals surface area contributed by atoms with E-state index in [9.17, 15) is 4.79 Å². The van der Waals surface area contributed by atoms with Gasteiger partial charge in [-0.3, -0.25) is 4.79 Å². The fourth-order valence-corrected chi connectivity index (χ4v) is 1.78. The first kappa shape index (κ1) is 15.4. The number of likely N-dealkylation sites (N-methyl/N-ethyl adjacent to an activating group) is 1. The Hall–Kier alpha value is -1.62. The van der Waals surface area contributed by atoms with E-state index in [1.165, 1.54) is 0 Å². The predicted octanol–water partition coefficient (Wildman–Crippen LogP) is 1.58. The van der Waals surface area contributed by atoms with E-state index in [0.29, 0.717) is 12.1 Å². The number of carbonyl (C=O) groups excluding carboxylic acids is 1. The Kier molecular flexibility index (Phi) is 6.89. The number of amides is 1. The zero-order valence-corrected chi connectivity index (χ0v) is 12.1. The van der Waals surface area contributed by atoms with Crippen molar-refractivity contribution in [3.8, 4) is 0 Å². The normalized spacial score (nSPS) is 10.5. The first-order chi connectivity index (χ1) is 9.21. The Morgan fingerprint density at radius 3 is 2.53 bits per heavy atom. The van der Waals surface area contributed by atoms with Gasteiger partial charge in [-0.2, -0.15) is 0 Å². The molecule has 0 spiro atoms. The molecule has 0 fully saturated rings. The summed E-state index contributed by atoms with van der Waals surface area (Å²) in [7, 11) is 0. The second-order valence-corrected chi connectivity index (χ2v) is 4.25. The van der Waals surface area contributed by atoms with Crippen LogP contribution in [0.25, 0.3) is 0 Å². The van der Waals surface area contributed by atoms with Gasteiger partial charge in [0.15, 0.2) is 0 Å². The molecular formula is C14H24N4O. The highest BCUT2D eigenvalue weighted by Crippen LogP contribution is 2.04. The minimum absolute atomic E-state index is 0.0669. The van der Waals surface area contributed by atoms with Gasteiger partial charge in [-0.15, -0.1) is 0 Å². The monoisotopic (exact) mass is 264 g/mol. The fraction of sp³-hybridized carbons (Fsp3) is 0.571. The van der Waals surface area contributed by atoms with Crippen LogP contribution in [0.1, 0.15) is 31.1 Å². The van der Waals surface area contributed by atoms with Crippen LogP contribution in [0, 0.1) is 0 Å². The fourth-order valence-electron chi connectivity index (χ4n) is 1.78. The van der Waals surface area contributed by atoms with Gasteiger partial charge in [-0.25, -0.2) is 4.98 Å². The summed E-state index contributed by atoms with van der Waals surface area (Å²) in [6.45, 7) is 10.6. The first-order valence-corrected chi connectivity index (χ1v) is 6.91. The molecule has 0 unspecified atom stereocenters. The van der Waals surface area contributed by atoms with Crippen LogP contribution in [0.4, 0.5) is 5.82 Å². The standard InChI is InChI=1S/C14H24N4O/c1-4-15-13-8-7-12(11-17-13)14(19)16-9-10-18(5-2)6-3/h7-8,11H,4-6,9-10H2,1-3H3,(H,15,17)(H,16,19). The van der Waals surface area contributed by atoms with E-state index in [0.717, 1.165) is 32.0 Å². The van der Waals surface area contributed by atoms with Crippen molar-refractivity contribution in [2.75, 3.05) is 38.0 Å². The van der Waals surface area contributed by atoms with E-state index in [-0.39, 0.29) is 5.91 Å². The molecule has 0 atom stereocenters. The lowest BCUT2D eigenvalue weighted by atomic mass is 10.2. The Balaban J connectivity index is 2.40. The van der Waals surface area contributed by atoms with Crippen molar-refractivity contribution >= 4 is 11.7 Å². The summed E-state index contributed by atoms with van der Waals surface area (Å²) in [5.41, 5.74) is 0.598. The lowest BCUT2D eigenvalue weighted by Crippen LogP contribution is -2.34. The molecule has 5 heteroatoms. The van der Waals surface area contributed by atoms with Crippen molar-refractivity contribution in [1.29, 1.82) is 0 Å². The van der Waals surface area contributed by atoms with E-state index in [1.807, 2.05) is 13.0 Å². The highest BCUT2D eigenvalue weighted by Gasteiger charge is 2.06. The third-order valence-electron chi connectivity index (χ3n) is 2.99. The quantitative estimate of drug-likeness (QED) is 0.748. The number of rotatable bonds is 8. The van der Waals surface area contributed by atoms with E-state index in [4.69, 9.17) is 0 Å². The second-order valence-electron chi connectivity index (χ2n) is 4.25. The van der Waals surface area contributed by atoms with Gasteiger partial charge in [0.2, 0.25) is 0 Å². The molecule has 0 aliphatic heterocycles. The second kappa shape index (κ2) is 8.48. The van der Waals surface area contributed by atoms with Crippen molar-refractivity contribution in [1.82, 2.24) is 15.2 Å². The zero-order chi connectivity index (χ0) is 14.1. The van der Waals surface area contributed by atoms with Crippen LogP contribution < -0.4 is 10.6 Å². The summed E-state index contributed by atoms with van der Waals surface area (Å²) in [6, 6.07) is 3.61. The minimum Gasteiger partial charge on any atom is -0.370 e. The van der Waals surface area contributed by atoms with Crippen LogP contribution >= 0.6 is 0 Å². The molecule has 0 aliphatic carbocycles. The van der Waals surface area contributed by atoms with Crippen molar-refractivity contribution in [2.24, 2.45) is 0 Å². The van der Waals surface area contributed by atoms with Gasteiger partial charge >= 0.3 is 0 Å². The van der Waals surface area contributed by atoms with Crippen molar-refractivity contribution in [2.45, 2.75) is 20.8 Å². The average Bonchev–Trinajstić information content (AvgIpc) is 2.44. The Morgan fingerprint density at radius 2 is 2.00 bits per heavy atom. The van der Waals surface area contributed by atoms with Gasteiger partial charge < -0.3 is 15.5 Å². The summed E-state index contributed by atoms with van der Waals surface area (Å²) in [5, 5.41) is 6.01. The largest absolute Gasteiger partial charge is 0.370 e. The van der Waals surface area contributed by atoms with Gasteiger partial charge in [0, 0.05) is 25.8 Å². The van der Waals surface area contributed by atoms with Crippen LogP contribution in [-0.2, 0) is 0 Å². The third kappa shape index (κ3) is 5.26. The number of nitrogens with one attached hydrogen (secondary N) is 2. The summed E-state index contributed by atoms with van der Waals surface area (Å²) in [4.78, 5) is 18.3. The highest BCUT2D eigenvalue weighted by molar-refractivity contribution is 5.94. The van der Waals surface area contributed by atoms with Crippen LogP contribution in [-0.4, -0.2) is 48.5 Å². The molecule has 1 rings (SSSR count). The van der Waals surface area contributed by atoms with Gasteiger partial charge in [-0.05, 0) is 32.1 Å². The number of hydrogen-bond acceptors (Lipinski definition) is 4. The summed E-state index contributed by atoms with van der Waals surface area (Å²) in [6.07, 6.45) is 1.60. The molecule has 0 saturated carbocycles. The summed E-state index contributed by atoms with van der Waals surface area (Å²) >= 11 is 0. The van der Waals surface area contributed by atoms with Gasteiger partial charge in [0.25, 0.3) is 5.91 Å². The lowest BCUT2D eigenvalue weighted by Gasteiger charge is -2.17. The predicted molar refractivity (Wildman–Crippen MR) is 78.5 cm³/mol. The molecule has 0 aliphatic rings. The molecule has 1 amide bonds. The van der Waals surface area contributed by atoms with E-state index < -0.39 is 0 Å². The van der Waals surface area contributed by atoms with Gasteiger partial charge in [0.05, 0.1) is 5.56 Å². The van der Waals surface area contributed by atoms with Crippen molar-refractivity contribution < 1.29 is 4.79 Å². The SMILES string of the molecule is CCNc1ccc(C(=O)NCCN(CC)CC)cn1. The Morgan fingerprint density at radius 1 is 1.26 bits per heavy atom. The van der Waals surface area contributed by atoms with Gasteiger partial charge in [0.1, 0.15) is 5.82 Å². The maximum atomic E-state index is 11.9. The molecule has 2 N–H and O–H groups in total. The van der Waals surface area contributed by atoms with Crippen LogP contribution in [0.3, 0.4) is 0 Å². The van der Waals surface area contributed by atoms with Gasteiger partial charge in [-0.1, -0.05) is 13.8 Å². The molecule has 0 aromatic carbocycles. The van der Waals surface area contributed by atoms with E-state index in [2.05, 4.69) is 34.4 Å². The van der Waals surface area contributed by atoms with Crippen molar-refractivity contribution in [3.05, 3.63) is 23.9 Å². The average molecular weight is 264 g/mol. The smallest absolute Gasteiger partial charge is 0.252 e. The molecule has 0 saturated heterocycles. The maximum Gasteiger partial charge on any atom is 0.252 e. The molecular weight excluding hydrogens is 240 g/mol. The topological polar surface area (TPSA) is 57.3 Å². The summed E-state index contributed by atoms with van der Waals surface area (Å²) < 4.78 is 0. The number of hydrogen-bond donors (Lipinski definition) is 2. The Labute approximate surface area is 115 Å². The highest BCUT2D eigenvalue weighted by atomic mass is 16.1. The minimum atomic E-state index is -0.0669. The number of nitrogens with zero attached hydrogens (tertiary/aromatic N) is 2.